The molecule has 0 saturated heterocycles. The van der Waals surface area contributed by atoms with Crippen molar-refractivity contribution >= 4 is 18.0 Å². The summed E-state index contributed by atoms with van der Waals surface area (Å²) in [5.41, 5.74) is -0.761. The van der Waals surface area contributed by atoms with Gasteiger partial charge >= 0.3 is 6.18 Å². The van der Waals surface area contributed by atoms with Gasteiger partial charge in [0.05, 0.1) is 5.25 Å². The Morgan fingerprint density at radius 3 is 2.56 bits per heavy atom. The summed E-state index contributed by atoms with van der Waals surface area (Å²) in [5.74, 6) is 0. The van der Waals surface area contributed by atoms with Crippen LogP contribution in [0.1, 0.15) is 18.3 Å². The molecular formula is C9H9F3N2OS. The molecule has 0 radical (unpaired) electrons. The summed E-state index contributed by atoms with van der Waals surface area (Å²) < 4.78 is 37.2. The highest BCUT2D eigenvalue weighted by atomic mass is 32.2. The van der Waals surface area contributed by atoms with Gasteiger partial charge in [0.15, 0.2) is 5.16 Å². The van der Waals surface area contributed by atoms with Gasteiger partial charge in [0.2, 0.25) is 0 Å². The van der Waals surface area contributed by atoms with Gasteiger partial charge in [-0.3, -0.25) is 0 Å². The Labute approximate surface area is 94.5 Å². The maximum Gasteiger partial charge on any atom is 0.433 e. The van der Waals surface area contributed by atoms with Gasteiger partial charge in [-0.2, -0.15) is 13.2 Å². The fourth-order valence-electron chi connectivity index (χ4n) is 0.933. The molecule has 0 aromatic carbocycles. The fourth-order valence-corrected chi connectivity index (χ4v) is 1.67. The molecule has 1 unspecified atom stereocenters. The van der Waals surface area contributed by atoms with Gasteiger partial charge < -0.3 is 4.79 Å². The molecule has 0 fully saturated rings. The average Bonchev–Trinajstić information content (AvgIpc) is 2.15. The van der Waals surface area contributed by atoms with E-state index < -0.39 is 17.1 Å². The van der Waals surface area contributed by atoms with E-state index in [0.717, 1.165) is 17.8 Å². The average molecular weight is 250 g/mol. The highest BCUT2D eigenvalue weighted by Gasteiger charge is 2.33. The molecule has 0 spiro atoms. The van der Waals surface area contributed by atoms with Crippen LogP contribution >= 0.6 is 11.8 Å². The first-order valence-electron chi connectivity index (χ1n) is 4.37. The normalized spacial score (nSPS) is 13.6. The molecule has 88 valence electrons. The summed E-state index contributed by atoms with van der Waals surface area (Å²) in [6.07, 6.45) is -3.86. The first kappa shape index (κ1) is 13.0. The number of rotatable bonds is 3. The lowest BCUT2D eigenvalue weighted by Crippen LogP contribution is -2.11. The highest BCUT2D eigenvalue weighted by molar-refractivity contribution is 8.00. The van der Waals surface area contributed by atoms with Gasteiger partial charge in [-0.25, -0.2) is 9.97 Å². The minimum absolute atomic E-state index is 0.0353. The van der Waals surface area contributed by atoms with Crippen molar-refractivity contribution in [3.05, 3.63) is 17.5 Å². The molecule has 0 aliphatic carbocycles. The Morgan fingerprint density at radius 2 is 2.06 bits per heavy atom. The summed E-state index contributed by atoms with van der Waals surface area (Å²) in [6.45, 7) is 3.02. The largest absolute Gasteiger partial charge is 0.433 e. The van der Waals surface area contributed by atoms with Crippen molar-refractivity contribution in [1.82, 2.24) is 9.97 Å². The van der Waals surface area contributed by atoms with Gasteiger partial charge in [0, 0.05) is 5.69 Å². The molecule has 0 aliphatic rings. The SMILES string of the molecule is Cc1cc(C(F)(F)F)nc(SC(C)C=O)n1. The summed E-state index contributed by atoms with van der Waals surface area (Å²) in [7, 11) is 0. The zero-order valence-corrected chi connectivity index (χ0v) is 9.39. The van der Waals surface area contributed by atoms with Crippen molar-refractivity contribution in [3.63, 3.8) is 0 Å². The van der Waals surface area contributed by atoms with Crippen molar-refractivity contribution in [2.45, 2.75) is 30.4 Å². The van der Waals surface area contributed by atoms with Crippen LogP contribution in [0.25, 0.3) is 0 Å². The second kappa shape index (κ2) is 4.82. The molecule has 3 nitrogen and oxygen atoms in total. The van der Waals surface area contributed by atoms with Crippen LogP contribution in [0, 0.1) is 6.92 Å². The molecule has 0 amide bonds. The number of halogens is 3. The van der Waals surface area contributed by atoms with Gasteiger partial charge in [-0.05, 0) is 19.9 Å². The minimum atomic E-state index is -4.49. The van der Waals surface area contributed by atoms with E-state index in [1.165, 1.54) is 6.92 Å². The van der Waals surface area contributed by atoms with E-state index in [9.17, 15) is 18.0 Å². The van der Waals surface area contributed by atoms with Gasteiger partial charge in [0.25, 0.3) is 0 Å². The quantitative estimate of drug-likeness (QED) is 0.469. The van der Waals surface area contributed by atoms with Crippen molar-refractivity contribution in [2.24, 2.45) is 0 Å². The van der Waals surface area contributed by atoms with E-state index in [2.05, 4.69) is 9.97 Å². The molecule has 1 rings (SSSR count). The van der Waals surface area contributed by atoms with Gasteiger partial charge in [-0.1, -0.05) is 11.8 Å². The third-order valence-electron chi connectivity index (χ3n) is 1.61. The van der Waals surface area contributed by atoms with Crippen LogP contribution in [0.4, 0.5) is 13.2 Å². The number of alkyl halides is 3. The third kappa shape index (κ3) is 3.48. The molecule has 1 atom stereocenters. The molecule has 1 aromatic heterocycles. The first-order chi connectivity index (χ1) is 7.32. The highest BCUT2D eigenvalue weighted by Crippen LogP contribution is 2.29. The maximum absolute atomic E-state index is 12.4. The predicted octanol–water partition coefficient (Wildman–Crippen LogP) is 2.48. The van der Waals surface area contributed by atoms with Crippen LogP contribution in [0.2, 0.25) is 0 Å². The Hall–Kier alpha value is -1.11. The number of hydrogen-bond donors (Lipinski definition) is 0. The standard InChI is InChI=1S/C9H9F3N2OS/c1-5-3-7(9(10,11)12)14-8(13-5)16-6(2)4-15/h3-4,6H,1-2H3. The lowest BCUT2D eigenvalue weighted by molar-refractivity contribution is -0.141. The lowest BCUT2D eigenvalue weighted by Gasteiger charge is -2.09. The van der Waals surface area contributed by atoms with Crippen molar-refractivity contribution in [1.29, 1.82) is 0 Å². The van der Waals surface area contributed by atoms with E-state index in [-0.39, 0.29) is 10.9 Å². The summed E-state index contributed by atoms with van der Waals surface area (Å²) in [5, 5.41) is -0.505. The van der Waals surface area contributed by atoms with E-state index >= 15 is 0 Å². The number of aryl methyl sites for hydroxylation is 1. The van der Waals surface area contributed by atoms with Crippen LogP contribution in [0.5, 0.6) is 0 Å². The Balaban J connectivity index is 3.03. The van der Waals surface area contributed by atoms with E-state index in [1.54, 1.807) is 6.92 Å². The van der Waals surface area contributed by atoms with Crippen LogP contribution in [-0.2, 0) is 11.0 Å². The van der Waals surface area contributed by atoms with Gasteiger partial charge in [0.1, 0.15) is 12.0 Å². The number of nitrogens with zero attached hydrogens (tertiary/aromatic N) is 2. The van der Waals surface area contributed by atoms with Crippen LogP contribution in [0.3, 0.4) is 0 Å². The molecule has 0 bridgehead atoms. The summed E-state index contributed by atoms with van der Waals surface area (Å²) in [4.78, 5) is 17.6. The number of carbonyl (C=O) groups is 1. The molecule has 0 aliphatic heterocycles. The van der Waals surface area contributed by atoms with E-state index in [0.29, 0.717) is 6.29 Å². The monoisotopic (exact) mass is 250 g/mol. The zero-order chi connectivity index (χ0) is 12.3. The van der Waals surface area contributed by atoms with Crippen molar-refractivity contribution in [3.8, 4) is 0 Å². The fraction of sp³-hybridized carbons (Fsp3) is 0.444. The number of aromatic nitrogens is 2. The van der Waals surface area contributed by atoms with Crippen molar-refractivity contribution in [2.75, 3.05) is 0 Å². The maximum atomic E-state index is 12.4. The summed E-state index contributed by atoms with van der Waals surface area (Å²) >= 11 is 0.898. The smallest absolute Gasteiger partial charge is 0.302 e. The zero-order valence-electron chi connectivity index (χ0n) is 8.58. The second-order valence-electron chi connectivity index (χ2n) is 3.13. The molecule has 0 N–H and O–H groups in total. The Bertz CT molecular complexity index is 395. The third-order valence-corrected chi connectivity index (χ3v) is 2.48. The predicted molar refractivity (Wildman–Crippen MR) is 53.2 cm³/mol. The van der Waals surface area contributed by atoms with Crippen LogP contribution in [-0.4, -0.2) is 21.5 Å². The topological polar surface area (TPSA) is 42.9 Å². The molecule has 0 saturated carbocycles. The van der Waals surface area contributed by atoms with Crippen LogP contribution in [0.15, 0.2) is 11.2 Å². The Kier molecular flexibility index (Phi) is 3.90. The molecule has 16 heavy (non-hydrogen) atoms. The molecule has 1 heterocycles. The second-order valence-corrected chi connectivity index (χ2v) is 4.48. The molecule has 7 heteroatoms. The number of thioether (sulfide) groups is 1. The molecular weight excluding hydrogens is 241 g/mol. The number of carbonyl (C=O) groups excluding carboxylic acids is 1. The Morgan fingerprint density at radius 1 is 1.44 bits per heavy atom. The number of hydrogen-bond acceptors (Lipinski definition) is 4. The molecule has 1 aromatic rings. The van der Waals surface area contributed by atoms with E-state index in [1.807, 2.05) is 0 Å². The number of aldehydes is 1. The van der Waals surface area contributed by atoms with Gasteiger partial charge in [-0.15, -0.1) is 0 Å². The van der Waals surface area contributed by atoms with Crippen molar-refractivity contribution < 1.29 is 18.0 Å². The lowest BCUT2D eigenvalue weighted by atomic mass is 10.3. The van der Waals surface area contributed by atoms with E-state index in [4.69, 9.17) is 0 Å². The first-order valence-corrected chi connectivity index (χ1v) is 5.25. The minimum Gasteiger partial charge on any atom is -0.302 e. The summed E-state index contributed by atoms with van der Waals surface area (Å²) in [6, 6.07) is 0.871. The van der Waals surface area contributed by atoms with Crippen LogP contribution < -0.4 is 0 Å².